The fraction of sp³-hybridized carbons (Fsp3) is 0. The smallest absolute Gasteiger partial charge is 0.137 e. The number of benzene rings is 9. The maximum Gasteiger partial charge on any atom is 0.137 e. The highest BCUT2D eigenvalue weighted by Gasteiger charge is 2.26. The Morgan fingerprint density at radius 2 is 1.00 bits per heavy atom. The van der Waals surface area contributed by atoms with Crippen molar-refractivity contribution in [3.05, 3.63) is 182 Å². The molecule has 3 heterocycles. The molecule has 3 heteroatoms. The van der Waals surface area contributed by atoms with E-state index in [1.54, 1.807) is 0 Å². The zero-order valence-electron chi connectivity index (χ0n) is 29.6. The zero-order valence-corrected chi connectivity index (χ0v) is 29.6. The third-order valence-electron chi connectivity index (χ3n) is 12.0. The van der Waals surface area contributed by atoms with Gasteiger partial charge in [-0.05, 0) is 98.8 Å². The maximum absolute atomic E-state index is 6.51. The van der Waals surface area contributed by atoms with Gasteiger partial charge in [-0.1, -0.05) is 127 Å². The Kier molecular flexibility index (Phi) is 5.63. The highest BCUT2D eigenvalue weighted by atomic mass is 16.3. The second-order valence-corrected chi connectivity index (χ2v) is 14.8. The topological polar surface area (TPSA) is 23.0 Å². The monoisotopic (exact) mass is 698 g/mol. The van der Waals surface area contributed by atoms with Crippen LogP contribution in [0.15, 0.2) is 186 Å². The van der Waals surface area contributed by atoms with Crippen molar-refractivity contribution in [2.24, 2.45) is 0 Å². The van der Waals surface area contributed by atoms with Crippen molar-refractivity contribution in [1.82, 2.24) is 9.13 Å². The summed E-state index contributed by atoms with van der Waals surface area (Å²) in [7, 11) is 0. The molecule has 3 nitrogen and oxygen atoms in total. The maximum atomic E-state index is 6.51. The largest absolute Gasteiger partial charge is 0.456 e. The molecule has 55 heavy (non-hydrogen) atoms. The van der Waals surface area contributed by atoms with Crippen LogP contribution < -0.4 is 0 Å². The molecule has 0 radical (unpaired) electrons. The predicted octanol–water partition coefficient (Wildman–Crippen LogP) is 14.2. The normalized spacial score (nSPS) is 12.4. The van der Waals surface area contributed by atoms with E-state index in [2.05, 4.69) is 191 Å². The van der Waals surface area contributed by atoms with Crippen LogP contribution in [-0.4, -0.2) is 9.13 Å². The minimum absolute atomic E-state index is 0.895. The summed E-state index contributed by atoms with van der Waals surface area (Å²) in [5.74, 6) is 0. The summed E-state index contributed by atoms with van der Waals surface area (Å²) in [6, 6.07) is 66.5. The van der Waals surface area contributed by atoms with E-state index in [0.717, 1.165) is 33.1 Å². The fourth-order valence-corrected chi connectivity index (χ4v) is 9.75. The molecule has 3 aromatic heterocycles. The van der Waals surface area contributed by atoms with Gasteiger partial charge in [0.05, 0.1) is 27.5 Å². The Morgan fingerprint density at radius 1 is 0.327 bits per heavy atom. The molecular formula is C52H30N2O. The van der Waals surface area contributed by atoms with E-state index in [9.17, 15) is 0 Å². The molecule has 254 valence electrons. The Morgan fingerprint density at radius 3 is 1.85 bits per heavy atom. The molecule has 0 saturated heterocycles. The zero-order chi connectivity index (χ0) is 35.8. The highest BCUT2D eigenvalue weighted by Crippen LogP contribution is 2.50. The Hall–Kier alpha value is -7.36. The van der Waals surface area contributed by atoms with Crippen molar-refractivity contribution in [2.45, 2.75) is 0 Å². The first-order chi connectivity index (χ1) is 27.3. The second-order valence-electron chi connectivity index (χ2n) is 14.8. The third-order valence-corrected chi connectivity index (χ3v) is 12.0. The van der Waals surface area contributed by atoms with Gasteiger partial charge in [-0.25, -0.2) is 0 Å². The van der Waals surface area contributed by atoms with Crippen LogP contribution in [0, 0.1) is 0 Å². The van der Waals surface area contributed by atoms with E-state index in [-0.39, 0.29) is 0 Å². The number of fused-ring (bicyclic) bond motifs is 14. The van der Waals surface area contributed by atoms with Crippen LogP contribution in [0.4, 0.5) is 0 Å². The van der Waals surface area contributed by atoms with Crippen molar-refractivity contribution < 1.29 is 4.42 Å². The fourth-order valence-electron chi connectivity index (χ4n) is 9.75. The van der Waals surface area contributed by atoms with Gasteiger partial charge in [-0.15, -0.1) is 0 Å². The van der Waals surface area contributed by atoms with Crippen molar-refractivity contribution in [3.63, 3.8) is 0 Å². The quantitative estimate of drug-likeness (QED) is 0.180. The van der Waals surface area contributed by atoms with Gasteiger partial charge in [0, 0.05) is 38.3 Å². The van der Waals surface area contributed by atoms with Gasteiger partial charge in [0.2, 0.25) is 0 Å². The number of furan rings is 1. The standard InChI is InChI=1S/C52H30N2O/c1-2-11-31(12-3-1)32-21-23-34(24-22-32)54-51-39(40-26-28-47-50(52(40)54)42-17-7-9-20-46(42)55-47)25-27-45-49(51)41-16-6-8-19-44(41)53(45)35-29-33-13-10-18-38-36-14-4-5-15-37(36)43(30-35)48(33)38/h1-30H. The summed E-state index contributed by atoms with van der Waals surface area (Å²) in [6.45, 7) is 0. The lowest BCUT2D eigenvalue weighted by atomic mass is 10.0. The minimum atomic E-state index is 0.895. The van der Waals surface area contributed by atoms with E-state index in [4.69, 9.17) is 4.42 Å². The van der Waals surface area contributed by atoms with Crippen LogP contribution in [-0.2, 0) is 0 Å². The van der Waals surface area contributed by atoms with Gasteiger partial charge in [0.15, 0.2) is 0 Å². The molecule has 0 N–H and O–H groups in total. The highest BCUT2D eigenvalue weighted by molar-refractivity contribution is 6.31. The average molecular weight is 699 g/mol. The average Bonchev–Trinajstić information content (AvgIpc) is 3.98. The van der Waals surface area contributed by atoms with Gasteiger partial charge < -0.3 is 13.6 Å². The molecule has 0 spiro atoms. The summed E-state index contributed by atoms with van der Waals surface area (Å²) in [5.41, 5.74) is 16.4. The van der Waals surface area contributed by atoms with Gasteiger partial charge in [-0.2, -0.15) is 0 Å². The van der Waals surface area contributed by atoms with Gasteiger partial charge in [0.25, 0.3) is 0 Å². The Bertz CT molecular complexity index is 3580. The van der Waals surface area contributed by atoms with Crippen LogP contribution in [0.3, 0.4) is 0 Å². The lowest BCUT2D eigenvalue weighted by Gasteiger charge is -2.13. The van der Waals surface area contributed by atoms with E-state index in [0.29, 0.717) is 0 Å². The molecule has 1 aliphatic rings. The van der Waals surface area contributed by atoms with Gasteiger partial charge in [-0.3, -0.25) is 0 Å². The molecule has 0 amide bonds. The Labute approximate surface area is 315 Å². The number of hydrogen-bond acceptors (Lipinski definition) is 1. The van der Waals surface area contributed by atoms with Gasteiger partial charge in [0.1, 0.15) is 11.2 Å². The van der Waals surface area contributed by atoms with E-state index >= 15 is 0 Å². The summed E-state index contributed by atoms with van der Waals surface area (Å²) in [6.07, 6.45) is 0. The van der Waals surface area contributed by atoms with Crippen molar-refractivity contribution in [3.8, 4) is 44.8 Å². The first kappa shape index (κ1) is 29.1. The third kappa shape index (κ3) is 3.84. The molecule has 12 aromatic rings. The molecule has 0 atom stereocenters. The first-order valence-electron chi connectivity index (χ1n) is 18.9. The molecule has 0 saturated carbocycles. The number of nitrogens with zero attached hydrogens (tertiary/aromatic N) is 2. The second kappa shape index (κ2) is 10.6. The summed E-state index contributed by atoms with van der Waals surface area (Å²) in [5, 5.41) is 9.76. The number of rotatable bonds is 3. The molecule has 0 unspecified atom stereocenters. The van der Waals surface area contributed by atoms with Crippen LogP contribution in [0.2, 0.25) is 0 Å². The van der Waals surface area contributed by atoms with Crippen molar-refractivity contribution >= 4 is 76.3 Å². The molecule has 0 bridgehead atoms. The lowest BCUT2D eigenvalue weighted by molar-refractivity contribution is 0.669. The number of para-hydroxylation sites is 2. The van der Waals surface area contributed by atoms with E-state index < -0.39 is 0 Å². The predicted molar refractivity (Wildman–Crippen MR) is 230 cm³/mol. The summed E-state index contributed by atoms with van der Waals surface area (Å²) in [4.78, 5) is 0. The summed E-state index contributed by atoms with van der Waals surface area (Å²) < 4.78 is 11.5. The van der Waals surface area contributed by atoms with Crippen LogP contribution in [0.1, 0.15) is 0 Å². The van der Waals surface area contributed by atoms with Crippen molar-refractivity contribution in [2.75, 3.05) is 0 Å². The molecule has 0 aliphatic heterocycles. The number of hydrogen-bond donors (Lipinski definition) is 0. The molecule has 1 aliphatic carbocycles. The van der Waals surface area contributed by atoms with Gasteiger partial charge >= 0.3 is 0 Å². The molecule has 0 fully saturated rings. The minimum Gasteiger partial charge on any atom is -0.456 e. The molecule has 9 aromatic carbocycles. The van der Waals surface area contributed by atoms with Crippen LogP contribution in [0.5, 0.6) is 0 Å². The Balaban J connectivity index is 1.18. The van der Waals surface area contributed by atoms with E-state index in [1.165, 1.54) is 87.9 Å². The molecular weight excluding hydrogens is 669 g/mol. The summed E-state index contributed by atoms with van der Waals surface area (Å²) >= 11 is 0. The van der Waals surface area contributed by atoms with Crippen LogP contribution in [0.25, 0.3) is 121 Å². The van der Waals surface area contributed by atoms with Crippen molar-refractivity contribution in [1.29, 1.82) is 0 Å². The lowest BCUT2D eigenvalue weighted by Crippen LogP contribution is -1.96. The molecule has 13 rings (SSSR count). The van der Waals surface area contributed by atoms with E-state index in [1.807, 2.05) is 0 Å². The van der Waals surface area contributed by atoms with Crippen LogP contribution >= 0.6 is 0 Å². The number of aromatic nitrogens is 2. The first-order valence-corrected chi connectivity index (χ1v) is 18.9. The SMILES string of the molecule is c1ccc(-c2ccc(-n3c4c(ccc5oc6ccccc6c54)c4ccc5c(c6ccccc6n5-c5cc6c7c(cccc7c5)-c5ccccc5-6)c43)cc2)cc1.